The van der Waals surface area contributed by atoms with Gasteiger partial charge in [-0.05, 0) is 39.0 Å². The molecule has 3 aromatic rings. The van der Waals surface area contributed by atoms with Crippen LogP contribution in [0.15, 0.2) is 48.5 Å². The molecule has 0 radical (unpaired) electrons. The Hall–Kier alpha value is -2.37. The molecule has 1 aromatic heterocycles. The van der Waals surface area contributed by atoms with E-state index in [1.165, 1.54) is 11.3 Å². The number of fused-ring (bicyclic) bond motifs is 3. The van der Waals surface area contributed by atoms with Crippen LogP contribution in [0.25, 0.3) is 10.9 Å². The highest BCUT2D eigenvalue weighted by Crippen LogP contribution is 2.32. The number of benzene rings is 2. The van der Waals surface area contributed by atoms with E-state index in [4.69, 9.17) is 5.11 Å². The second-order valence-corrected chi connectivity index (χ2v) is 9.50. The summed E-state index contributed by atoms with van der Waals surface area (Å²) in [6.45, 7) is 0.223. The largest absolute Gasteiger partial charge is 0.388 e. The standard InChI is InChI=1S/C21H21NO3S/c1-26(25)11-10-20-18(14-26)17-4-2-3-5-19(17)22(20)12-15-6-8-16(9-7-15)21(24)13-23/h2-9,23H,1,10-14H2. The molecule has 1 aliphatic rings. The number of aliphatic hydroxyl groups excluding tert-OH is 1. The average molecular weight is 367 g/mol. The molecule has 2 heterocycles. The lowest BCUT2D eigenvalue weighted by molar-refractivity contribution is 0.0903. The molecule has 4 rings (SSSR count). The fraction of sp³-hybridized carbons (Fsp3) is 0.238. The van der Waals surface area contributed by atoms with E-state index in [1.807, 2.05) is 24.3 Å². The molecule has 0 saturated carbocycles. The monoisotopic (exact) mass is 367 g/mol. The fourth-order valence-corrected chi connectivity index (χ4v) is 5.30. The molecule has 1 unspecified atom stereocenters. The van der Waals surface area contributed by atoms with Crippen LogP contribution < -0.4 is 0 Å². The van der Waals surface area contributed by atoms with E-state index >= 15 is 0 Å². The molecule has 1 aliphatic heterocycles. The molecule has 0 bridgehead atoms. The topological polar surface area (TPSA) is 59.3 Å². The van der Waals surface area contributed by atoms with Crippen molar-refractivity contribution in [1.29, 1.82) is 0 Å². The smallest absolute Gasteiger partial charge is 0.188 e. The van der Waals surface area contributed by atoms with Crippen molar-refractivity contribution < 1.29 is 14.1 Å². The zero-order chi connectivity index (χ0) is 18.3. The maximum atomic E-state index is 12.5. The molecule has 0 fully saturated rings. The lowest BCUT2D eigenvalue weighted by Gasteiger charge is -2.19. The third kappa shape index (κ3) is 2.97. The highest BCUT2D eigenvalue weighted by Gasteiger charge is 2.24. The molecule has 0 aliphatic carbocycles. The number of ketones is 1. The van der Waals surface area contributed by atoms with Gasteiger partial charge in [-0.1, -0.05) is 42.5 Å². The van der Waals surface area contributed by atoms with Crippen LogP contribution in [0.1, 0.15) is 27.2 Å². The Bertz CT molecular complexity index is 1090. The third-order valence-electron chi connectivity index (χ3n) is 5.07. The quantitative estimate of drug-likeness (QED) is 0.570. The summed E-state index contributed by atoms with van der Waals surface area (Å²) >= 11 is 0. The van der Waals surface area contributed by atoms with Crippen LogP contribution in [0.4, 0.5) is 0 Å². The Morgan fingerprint density at radius 2 is 1.88 bits per heavy atom. The van der Waals surface area contributed by atoms with Gasteiger partial charge in [0.2, 0.25) is 0 Å². The predicted octanol–water partition coefficient (Wildman–Crippen LogP) is 2.64. The first-order chi connectivity index (χ1) is 12.5. The minimum atomic E-state index is -2.04. The van der Waals surface area contributed by atoms with Crippen molar-refractivity contribution in [3.63, 3.8) is 0 Å². The summed E-state index contributed by atoms with van der Waals surface area (Å²) in [4.78, 5) is 11.6. The summed E-state index contributed by atoms with van der Waals surface area (Å²) in [5, 5.41) is 10.1. The summed E-state index contributed by atoms with van der Waals surface area (Å²) in [7, 11) is -2.04. The molecular formula is C21H21NO3S. The van der Waals surface area contributed by atoms with E-state index in [2.05, 4.69) is 22.6 Å². The lowest BCUT2D eigenvalue weighted by atomic mass is 10.1. The number of hydrogen-bond donors (Lipinski definition) is 1. The Labute approximate surface area is 153 Å². The second kappa shape index (κ2) is 6.41. The average Bonchev–Trinajstić information content (AvgIpc) is 2.94. The van der Waals surface area contributed by atoms with Gasteiger partial charge in [-0.3, -0.25) is 9.00 Å². The number of Topliss-reactive ketones (excluding diaryl/α,β-unsaturated/α-hetero) is 1. The SMILES string of the molecule is C=S1(=O)CCc2c(c3ccccc3n2Cc2ccc(C(=O)CO)cc2)C1. The van der Waals surface area contributed by atoms with Crippen LogP contribution >= 0.6 is 0 Å². The highest BCUT2D eigenvalue weighted by atomic mass is 32.2. The van der Waals surface area contributed by atoms with Gasteiger partial charge < -0.3 is 9.67 Å². The predicted molar refractivity (Wildman–Crippen MR) is 106 cm³/mol. The zero-order valence-electron chi connectivity index (χ0n) is 14.5. The van der Waals surface area contributed by atoms with Crippen LogP contribution in [0.2, 0.25) is 0 Å². The minimum Gasteiger partial charge on any atom is -0.388 e. The van der Waals surface area contributed by atoms with Gasteiger partial charge in [0.05, 0.1) is 0 Å². The number of aliphatic hydroxyl groups is 1. The number of nitrogens with zero attached hydrogens (tertiary/aromatic N) is 1. The molecule has 0 amide bonds. The maximum Gasteiger partial charge on any atom is 0.188 e. The first-order valence-electron chi connectivity index (χ1n) is 8.63. The van der Waals surface area contributed by atoms with Crippen molar-refractivity contribution in [1.82, 2.24) is 4.57 Å². The summed E-state index contributed by atoms with van der Waals surface area (Å²) in [5.41, 5.74) is 5.16. The molecule has 134 valence electrons. The number of para-hydroxylation sites is 1. The molecule has 5 heteroatoms. The molecule has 0 saturated heterocycles. The van der Waals surface area contributed by atoms with E-state index in [9.17, 15) is 9.00 Å². The Balaban J connectivity index is 1.77. The first kappa shape index (κ1) is 17.1. The number of carbonyl (C=O) groups is 1. The van der Waals surface area contributed by atoms with Crippen molar-refractivity contribution in [2.75, 3.05) is 12.4 Å². The van der Waals surface area contributed by atoms with Gasteiger partial charge in [-0.2, -0.15) is 0 Å². The maximum absolute atomic E-state index is 12.5. The Morgan fingerprint density at radius 3 is 2.62 bits per heavy atom. The molecule has 26 heavy (non-hydrogen) atoms. The van der Waals surface area contributed by atoms with Gasteiger partial charge >= 0.3 is 0 Å². The molecule has 2 aromatic carbocycles. The van der Waals surface area contributed by atoms with Gasteiger partial charge in [-0.25, -0.2) is 0 Å². The minimum absolute atomic E-state index is 0.273. The summed E-state index contributed by atoms with van der Waals surface area (Å²) in [5.74, 6) is 4.82. The number of rotatable bonds is 4. The van der Waals surface area contributed by atoms with Crippen molar-refractivity contribution >= 4 is 32.1 Å². The van der Waals surface area contributed by atoms with Crippen molar-refractivity contribution in [3.05, 3.63) is 70.9 Å². The number of aromatic nitrogens is 1. The number of hydrogen-bond acceptors (Lipinski definition) is 3. The normalized spacial score (nSPS) is 19.4. The Kier molecular flexibility index (Phi) is 4.21. The van der Waals surface area contributed by atoms with E-state index in [0.717, 1.165) is 22.9 Å². The van der Waals surface area contributed by atoms with Crippen molar-refractivity contribution in [2.45, 2.75) is 18.7 Å². The zero-order valence-corrected chi connectivity index (χ0v) is 15.3. The van der Waals surface area contributed by atoms with Gasteiger partial charge in [0.15, 0.2) is 5.78 Å². The molecular weight excluding hydrogens is 346 g/mol. The van der Waals surface area contributed by atoms with Crippen LogP contribution in [0.3, 0.4) is 0 Å². The molecule has 1 N–H and O–H groups in total. The second-order valence-electron chi connectivity index (χ2n) is 6.87. The first-order valence-corrected chi connectivity index (χ1v) is 10.7. The van der Waals surface area contributed by atoms with Crippen LogP contribution in [0.5, 0.6) is 0 Å². The van der Waals surface area contributed by atoms with Crippen LogP contribution in [0, 0.1) is 0 Å². The van der Waals surface area contributed by atoms with Crippen molar-refractivity contribution in [2.24, 2.45) is 0 Å². The molecule has 1 atom stereocenters. The molecule has 0 spiro atoms. The third-order valence-corrected chi connectivity index (χ3v) is 6.84. The van der Waals surface area contributed by atoms with E-state index in [1.54, 1.807) is 12.1 Å². The lowest BCUT2D eigenvalue weighted by Crippen LogP contribution is -2.20. The van der Waals surface area contributed by atoms with Gasteiger partial charge in [0.1, 0.15) is 6.61 Å². The van der Waals surface area contributed by atoms with E-state index < -0.39 is 16.1 Å². The molecule has 4 nitrogen and oxygen atoms in total. The van der Waals surface area contributed by atoms with Gasteiger partial charge in [0.25, 0.3) is 0 Å². The van der Waals surface area contributed by atoms with Crippen molar-refractivity contribution in [3.8, 4) is 0 Å². The van der Waals surface area contributed by atoms with Gasteiger partial charge in [-0.15, -0.1) is 0 Å². The van der Waals surface area contributed by atoms with E-state index in [0.29, 0.717) is 23.6 Å². The van der Waals surface area contributed by atoms with E-state index in [-0.39, 0.29) is 5.78 Å². The summed E-state index contributed by atoms with van der Waals surface area (Å²) < 4.78 is 14.8. The Morgan fingerprint density at radius 1 is 1.15 bits per heavy atom. The van der Waals surface area contributed by atoms with Crippen LogP contribution in [-0.4, -0.2) is 37.9 Å². The van der Waals surface area contributed by atoms with Crippen LogP contribution in [-0.2, 0) is 28.2 Å². The fourth-order valence-electron chi connectivity index (χ4n) is 3.74. The summed E-state index contributed by atoms with van der Waals surface area (Å²) in [6.07, 6.45) is 0.771. The summed E-state index contributed by atoms with van der Waals surface area (Å²) in [6, 6.07) is 15.6. The number of carbonyl (C=O) groups excluding carboxylic acids is 1. The highest BCUT2D eigenvalue weighted by molar-refractivity contribution is 7.99. The van der Waals surface area contributed by atoms with Gasteiger partial charge in [0, 0.05) is 40.2 Å².